The van der Waals surface area contributed by atoms with Crippen LogP contribution in [0, 0.1) is 0 Å². The van der Waals surface area contributed by atoms with Crippen molar-refractivity contribution < 1.29 is 14.7 Å². The summed E-state index contributed by atoms with van der Waals surface area (Å²) in [6.45, 7) is 2.44. The van der Waals surface area contributed by atoms with Gasteiger partial charge in [-0.05, 0) is 12.5 Å². The molecular weight excluding hydrogens is 232 g/mol. The minimum Gasteiger partial charge on any atom is -0.481 e. The van der Waals surface area contributed by atoms with Gasteiger partial charge in [-0.15, -0.1) is 0 Å². The van der Waals surface area contributed by atoms with Crippen molar-refractivity contribution in [2.24, 2.45) is 5.73 Å². The van der Waals surface area contributed by atoms with Gasteiger partial charge in [-0.1, -0.05) is 30.3 Å². The normalized spacial score (nSPS) is 11.9. The Labute approximate surface area is 106 Å². The Morgan fingerprint density at radius 1 is 1.33 bits per heavy atom. The highest BCUT2D eigenvalue weighted by molar-refractivity contribution is 5.83. The lowest BCUT2D eigenvalue weighted by molar-refractivity contribution is -0.138. The van der Waals surface area contributed by atoms with E-state index < -0.39 is 12.0 Å². The van der Waals surface area contributed by atoms with E-state index in [2.05, 4.69) is 0 Å². The monoisotopic (exact) mass is 250 g/mol. The predicted octanol–water partition coefficient (Wildman–Crippen LogP) is 1.01. The summed E-state index contributed by atoms with van der Waals surface area (Å²) >= 11 is 0. The molecule has 18 heavy (non-hydrogen) atoms. The van der Waals surface area contributed by atoms with Crippen LogP contribution in [0.4, 0.5) is 0 Å². The zero-order valence-corrected chi connectivity index (χ0v) is 10.4. The standard InChI is InChI=1S/C13H18N2O3/c1-2-15(9-8-11(16)17)13(18)12(14)10-6-4-3-5-7-10/h3-7,12H,2,8-9,14H2,1H3,(H,16,17). The van der Waals surface area contributed by atoms with Crippen LogP contribution < -0.4 is 5.73 Å². The van der Waals surface area contributed by atoms with Crippen molar-refractivity contribution in [2.75, 3.05) is 13.1 Å². The number of carbonyl (C=O) groups is 2. The molecule has 1 amide bonds. The first-order chi connectivity index (χ1) is 8.56. The van der Waals surface area contributed by atoms with Crippen LogP contribution in [0.15, 0.2) is 30.3 Å². The first-order valence-corrected chi connectivity index (χ1v) is 5.87. The average molecular weight is 250 g/mol. The number of rotatable bonds is 6. The molecule has 0 radical (unpaired) electrons. The molecule has 1 atom stereocenters. The summed E-state index contributed by atoms with van der Waals surface area (Å²) < 4.78 is 0. The van der Waals surface area contributed by atoms with Gasteiger partial charge in [0, 0.05) is 13.1 Å². The molecule has 0 aliphatic heterocycles. The van der Waals surface area contributed by atoms with Gasteiger partial charge in [0.25, 0.3) is 0 Å². The number of amides is 1. The first-order valence-electron chi connectivity index (χ1n) is 5.87. The Hall–Kier alpha value is -1.88. The summed E-state index contributed by atoms with van der Waals surface area (Å²) in [5, 5.41) is 8.63. The third kappa shape index (κ3) is 3.85. The third-order valence-corrected chi connectivity index (χ3v) is 2.71. The summed E-state index contributed by atoms with van der Waals surface area (Å²) in [5.41, 5.74) is 6.62. The molecule has 0 spiro atoms. The van der Waals surface area contributed by atoms with E-state index in [-0.39, 0.29) is 18.9 Å². The van der Waals surface area contributed by atoms with Crippen LogP contribution in [0.1, 0.15) is 24.9 Å². The molecular formula is C13H18N2O3. The number of carboxylic acids is 1. The lowest BCUT2D eigenvalue weighted by Gasteiger charge is -2.23. The summed E-state index contributed by atoms with van der Waals surface area (Å²) in [6.07, 6.45) is -0.0684. The topological polar surface area (TPSA) is 83.6 Å². The van der Waals surface area contributed by atoms with E-state index in [1.807, 2.05) is 18.2 Å². The number of nitrogens with zero attached hydrogens (tertiary/aromatic N) is 1. The molecule has 0 heterocycles. The van der Waals surface area contributed by atoms with E-state index >= 15 is 0 Å². The Morgan fingerprint density at radius 3 is 2.44 bits per heavy atom. The second kappa shape index (κ2) is 6.76. The second-order valence-electron chi connectivity index (χ2n) is 3.95. The fraction of sp³-hybridized carbons (Fsp3) is 0.385. The smallest absolute Gasteiger partial charge is 0.305 e. The highest BCUT2D eigenvalue weighted by Crippen LogP contribution is 2.12. The minimum atomic E-state index is -0.922. The summed E-state index contributed by atoms with van der Waals surface area (Å²) in [7, 11) is 0. The Balaban J connectivity index is 2.69. The van der Waals surface area contributed by atoms with E-state index in [0.29, 0.717) is 6.54 Å². The van der Waals surface area contributed by atoms with Crippen molar-refractivity contribution in [1.29, 1.82) is 0 Å². The molecule has 0 saturated carbocycles. The molecule has 0 saturated heterocycles. The highest BCUT2D eigenvalue weighted by Gasteiger charge is 2.21. The molecule has 5 nitrogen and oxygen atoms in total. The van der Waals surface area contributed by atoms with Gasteiger partial charge in [0.2, 0.25) is 5.91 Å². The van der Waals surface area contributed by atoms with Crippen LogP contribution in [0.25, 0.3) is 0 Å². The predicted molar refractivity (Wildman–Crippen MR) is 67.9 cm³/mol. The van der Waals surface area contributed by atoms with Crippen molar-refractivity contribution in [2.45, 2.75) is 19.4 Å². The molecule has 1 unspecified atom stereocenters. The van der Waals surface area contributed by atoms with E-state index in [9.17, 15) is 9.59 Å². The van der Waals surface area contributed by atoms with Crippen molar-refractivity contribution >= 4 is 11.9 Å². The maximum Gasteiger partial charge on any atom is 0.305 e. The van der Waals surface area contributed by atoms with Gasteiger partial charge in [0.1, 0.15) is 6.04 Å². The number of carbonyl (C=O) groups excluding carboxylic acids is 1. The second-order valence-corrected chi connectivity index (χ2v) is 3.95. The number of likely N-dealkylation sites (N-methyl/N-ethyl adjacent to an activating group) is 1. The minimum absolute atomic E-state index is 0.0684. The highest BCUT2D eigenvalue weighted by atomic mass is 16.4. The maximum absolute atomic E-state index is 12.1. The van der Waals surface area contributed by atoms with E-state index in [4.69, 9.17) is 10.8 Å². The van der Waals surface area contributed by atoms with E-state index in [1.165, 1.54) is 4.90 Å². The van der Waals surface area contributed by atoms with Gasteiger partial charge in [-0.2, -0.15) is 0 Å². The zero-order chi connectivity index (χ0) is 13.5. The molecule has 98 valence electrons. The van der Waals surface area contributed by atoms with Crippen LogP contribution in [0.3, 0.4) is 0 Å². The first kappa shape index (κ1) is 14.2. The molecule has 1 rings (SSSR count). The number of hydrogen-bond donors (Lipinski definition) is 2. The summed E-state index contributed by atoms with van der Waals surface area (Å²) in [6, 6.07) is 8.32. The molecule has 1 aromatic rings. The van der Waals surface area contributed by atoms with Crippen molar-refractivity contribution in [3.05, 3.63) is 35.9 Å². The average Bonchev–Trinajstić information content (AvgIpc) is 2.39. The Bertz CT molecular complexity index is 406. The van der Waals surface area contributed by atoms with Crippen molar-refractivity contribution in [3.63, 3.8) is 0 Å². The van der Waals surface area contributed by atoms with Crippen molar-refractivity contribution in [3.8, 4) is 0 Å². The Morgan fingerprint density at radius 2 is 1.94 bits per heavy atom. The van der Waals surface area contributed by atoms with Crippen LogP contribution in [-0.4, -0.2) is 35.0 Å². The largest absolute Gasteiger partial charge is 0.481 e. The van der Waals surface area contributed by atoms with Crippen LogP contribution in [0.2, 0.25) is 0 Å². The number of nitrogens with two attached hydrogens (primary N) is 1. The summed E-state index contributed by atoms with van der Waals surface area (Å²) in [5.74, 6) is -1.17. The van der Waals surface area contributed by atoms with Crippen molar-refractivity contribution in [1.82, 2.24) is 4.90 Å². The quantitative estimate of drug-likeness (QED) is 0.789. The zero-order valence-electron chi connectivity index (χ0n) is 10.4. The third-order valence-electron chi connectivity index (χ3n) is 2.71. The van der Waals surface area contributed by atoms with Crippen LogP contribution in [-0.2, 0) is 9.59 Å². The molecule has 5 heteroatoms. The molecule has 0 aliphatic carbocycles. The Kier molecular flexibility index (Phi) is 5.32. The fourth-order valence-electron chi connectivity index (χ4n) is 1.65. The summed E-state index contributed by atoms with van der Waals surface area (Å²) in [4.78, 5) is 24.1. The van der Waals surface area contributed by atoms with Gasteiger partial charge < -0.3 is 15.7 Å². The number of carboxylic acid groups (broad SMARTS) is 1. The molecule has 0 aromatic heterocycles. The number of hydrogen-bond acceptors (Lipinski definition) is 3. The van der Waals surface area contributed by atoms with E-state index in [1.54, 1.807) is 19.1 Å². The van der Waals surface area contributed by atoms with Crippen LogP contribution >= 0.6 is 0 Å². The van der Waals surface area contributed by atoms with Gasteiger partial charge in [0.05, 0.1) is 6.42 Å². The maximum atomic E-state index is 12.1. The van der Waals surface area contributed by atoms with Gasteiger partial charge in [-0.25, -0.2) is 0 Å². The van der Waals surface area contributed by atoms with Gasteiger partial charge in [0.15, 0.2) is 0 Å². The number of aliphatic carboxylic acids is 1. The molecule has 0 aliphatic rings. The molecule has 0 bridgehead atoms. The lowest BCUT2D eigenvalue weighted by atomic mass is 10.1. The molecule has 1 aromatic carbocycles. The van der Waals surface area contributed by atoms with Gasteiger partial charge in [-0.3, -0.25) is 9.59 Å². The van der Waals surface area contributed by atoms with Gasteiger partial charge >= 0.3 is 5.97 Å². The lowest BCUT2D eigenvalue weighted by Crippen LogP contribution is -2.39. The molecule has 3 N–H and O–H groups in total. The van der Waals surface area contributed by atoms with E-state index in [0.717, 1.165) is 5.56 Å². The molecule has 0 fully saturated rings. The fourth-order valence-corrected chi connectivity index (χ4v) is 1.65. The number of benzene rings is 1. The van der Waals surface area contributed by atoms with Crippen LogP contribution in [0.5, 0.6) is 0 Å². The SMILES string of the molecule is CCN(CCC(=O)O)C(=O)C(N)c1ccccc1.